The van der Waals surface area contributed by atoms with Crippen LogP contribution in [-0.2, 0) is 9.59 Å². The van der Waals surface area contributed by atoms with E-state index in [0.29, 0.717) is 13.0 Å². The van der Waals surface area contributed by atoms with Gasteiger partial charge < -0.3 is 10.4 Å². The third-order valence-electron chi connectivity index (χ3n) is 1.50. The minimum atomic E-state index is -0.955. The van der Waals surface area contributed by atoms with E-state index in [2.05, 4.69) is 5.32 Å². The van der Waals surface area contributed by atoms with E-state index in [0.717, 1.165) is 0 Å². The summed E-state index contributed by atoms with van der Waals surface area (Å²) in [7, 11) is 0. The SMILES string of the molecule is O=C=C1NCCC1C(=O)O. The van der Waals surface area contributed by atoms with Gasteiger partial charge in [0.2, 0.25) is 0 Å². The number of carbonyl (C=O) groups is 1. The third kappa shape index (κ3) is 1.01. The van der Waals surface area contributed by atoms with E-state index >= 15 is 0 Å². The molecule has 4 nitrogen and oxygen atoms in total. The maximum Gasteiger partial charge on any atom is 0.313 e. The molecule has 0 aliphatic carbocycles. The summed E-state index contributed by atoms with van der Waals surface area (Å²) < 4.78 is 0. The van der Waals surface area contributed by atoms with Crippen LogP contribution < -0.4 is 5.32 Å². The maximum atomic E-state index is 10.3. The molecule has 54 valence electrons. The first kappa shape index (κ1) is 6.83. The first-order valence-electron chi connectivity index (χ1n) is 2.97. The van der Waals surface area contributed by atoms with Crippen molar-refractivity contribution in [3.8, 4) is 0 Å². The number of carboxylic acids is 1. The van der Waals surface area contributed by atoms with Crippen LogP contribution in [0.3, 0.4) is 0 Å². The standard InChI is InChI=1S/C6H7NO3/c8-3-5-4(6(9)10)1-2-7-5/h4,7H,1-2H2,(H,9,10). The van der Waals surface area contributed by atoms with Crippen LogP contribution in [0.4, 0.5) is 0 Å². The lowest BCUT2D eigenvalue weighted by Gasteiger charge is -1.98. The Hall–Kier alpha value is -1.28. The Balaban J connectivity index is 2.78. The van der Waals surface area contributed by atoms with Crippen LogP contribution in [0.15, 0.2) is 5.70 Å². The van der Waals surface area contributed by atoms with Crippen LogP contribution in [0.1, 0.15) is 6.42 Å². The molecule has 0 saturated carbocycles. The molecule has 0 amide bonds. The van der Waals surface area contributed by atoms with Gasteiger partial charge in [0.05, 0.1) is 0 Å². The minimum Gasteiger partial charge on any atom is -0.481 e. The maximum absolute atomic E-state index is 10.3. The lowest BCUT2D eigenvalue weighted by atomic mass is 10.1. The van der Waals surface area contributed by atoms with Gasteiger partial charge in [-0.3, -0.25) is 4.79 Å². The highest BCUT2D eigenvalue weighted by Gasteiger charge is 2.27. The van der Waals surface area contributed by atoms with Gasteiger partial charge in [-0.15, -0.1) is 0 Å². The number of hydrogen-bond acceptors (Lipinski definition) is 3. The first-order chi connectivity index (χ1) is 4.75. The highest BCUT2D eigenvalue weighted by molar-refractivity contribution is 5.77. The fraction of sp³-hybridized carbons (Fsp3) is 0.500. The topological polar surface area (TPSA) is 66.4 Å². The molecule has 0 aromatic rings. The largest absolute Gasteiger partial charge is 0.481 e. The summed E-state index contributed by atoms with van der Waals surface area (Å²) in [6, 6.07) is 0. The van der Waals surface area contributed by atoms with Crippen molar-refractivity contribution in [1.29, 1.82) is 0 Å². The van der Waals surface area contributed by atoms with E-state index in [4.69, 9.17) is 5.11 Å². The van der Waals surface area contributed by atoms with Gasteiger partial charge in [-0.1, -0.05) is 0 Å². The van der Waals surface area contributed by atoms with Crippen molar-refractivity contribution < 1.29 is 14.7 Å². The number of aliphatic carboxylic acids is 1. The zero-order chi connectivity index (χ0) is 7.56. The lowest BCUT2D eigenvalue weighted by Crippen LogP contribution is -2.15. The predicted molar refractivity (Wildman–Crippen MR) is 33.0 cm³/mol. The van der Waals surface area contributed by atoms with Gasteiger partial charge in [-0.05, 0) is 6.42 Å². The van der Waals surface area contributed by atoms with Crippen molar-refractivity contribution in [1.82, 2.24) is 5.32 Å². The van der Waals surface area contributed by atoms with Crippen LogP contribution in [0, 0.1) is 5.92 Å². The smallest absolute Gasteiger partial charge is 0.313 e. The monoisotopic (exact) mass is 141 g/mol. The zero-order valence-electron chi connectivity index (χ0n) is 5.26. The van der Waals surface area contributed by atoms with Crippen molar-refractivity contribution in [3.63, 3.8) is 0 Å². The molecule has 1 aliphatic rings. The van der Waals surface area contributed by atoms with Gasteiger partial charge in [0.25, 0.3) is 0 Å². The first-order valence-corrected chi connectivity index (χ1v) is 2.97. The van der Waals surface area contributed by atoms with Gasteiger partial charge in [-0.2, -0.15) is 0 Å². The third-order valence-corrected chi connectivity index (χ3v) is 1.50. The van der Waals surface area contributed by atoms with Crippen molar-refractivity contribution in [2.75, 3.05) is 6.54 Å². The second-order valence-corrected chi connectivity index (χ2v) is 2.12. The summed E-state index contributed by atoms with van der Waals surface area (Å²) in [5, 5.41) is 11.1. The van der Waals surface area contributed by atoms with Crippen LogP contribution in [-0.4, -0.2) is 23.6 Å². The number of rotatable bonds is 1. The number of nitrogens with one attached hydrogen (secondary N) is 1. The molecular formula is C6H7NO3. The highest BCUT2D eigenvalue weighted by Crippen LogP contribution is 2.15. The molecule has 4 heteroatoms. The lowest BCUT2D eigenvalue weighted by molar-refractivity contribution is -0.140. The number of carboxylic acid groups (broad SMARTS) is 1. The zero-order valence-corrected chi connectivity index (χ0v) is 5.26. The predicted octanol–water partition coefficient (Wildman–Crippen LogP) is -0.604. The van der Waals surface area contributed by atoms with Crippen LogP contribution in [0.25, 0.3) is 0 Å². The Kier molecular flexibility index (Phi) is 1.73. The van der Waals surface area contributed by atoms with Gasteiger partial charge in [0.1, 0.15) is 17.6 Å². The summed E-state index contributed by atoms with van der Waals surface area (Å²) in [5.41, 5.74) is 0.174. The molecule has 1 saturated heterocycles. The molecule has 1 fully saturated rings. The quantitative estimate of drug-likeness (QED) is 0.478. The average molecular weight is 141 g/mol. The molecule has 0 bridgehead atoms. The Labute approximate surface area is 57.5 Å². The summed E-state index contributed by atoms with van der Waals surface area (Å²) in [6.07, 6.45) is 0.486. The van der Waals surface area contributed by atoms with Gasteiger partial charge in [0, 0.05) is 6.54 Å². The second kappa shape index (κ2) is 2.54. The van der Waals surface area contributed by atoms with Gasteiger partial charge >= 0.3 is 5.97 Å². The van der Waals surface area contributed by atoms with Crippen LogP contribution in [0.5, 0.6) is 0 Å². The Morgan fingerprint density at radius 2 is 2.50 bits per heavy atom. The highest BCUT2D eigenvalue weighted by atomic mass is 16.4. The Morgan fingerprint density at radius 1 is 1.80 bits per heavy atom. The molecule has 10 heavy (non-hydrogen) atoms. The van der Waals surface area contributed by atoms with E-state index in [1.54, 1.807) is 5.94 Å². The summed E-state index contributed by atoms with van der Waals surface area (Å²) in [6.45, 7) is 0.557. The summed E-state index contributed by atoms with van der Waals surface area (Å²) in [4.78, 5) is 20.4. The fourth-order valence-electron chi connectivity index (χ4n) is 0.973. The normalized spacial score (nSPS) is 23.6. The van der Waals surface area contributed by atoms with Crippen molar-refractivity contribution in [2.45, 2.75) is 6.42 Å². The van der Waals surface area contributed by atoms with Gasteiger partial charge in [0.15, 0.2) is 0 Å². The van der Waals surface area contributed by atoms with Gasteiger partial charge in [-0.25, -0.2) is 4.79 Å². The molecule has 1 atom stereocenters. The number of hydrogen-bond donors (Lipinski definition) is 2. The van der Waals surface area contributed by atoms with Crippen molar-refractivity contribution in [3.05, 3.63) is 5.70 Å². The summed E-state index contributed by atoms with van der Waals surface area (Å²) in [5.74, 6) is -0.0403. The average Bonchev–Trinajstić information content (AvgIpc) is 2.33. The number of carbonyl (C=O) groups excluding carboxylic acids is 1. The van der Waals surface area contributed by atoms with E-state index in [1.807, 2.05) is 0 Å². The van der Waals surface area contributed by atoms with E-state index in [-0.39, 0.29) is 5.70 Å². The van der Waals surface area contributed by atoms with Crippen molar-refractivity contribution in [2.24, 2.45) is 5.92 Å². The molecule has 0 spiro atoms. The molecule has 0 aromatic heterocycles. The molecule has 1 aliphatic heterocycles. The van der Waals surface area contributed by atoms with Crippen molar-refractivity contribution >= 4 is 11.9 Å². The second-order valence-electron chi connectivity index (χ2n) is 2.12. The molecular weight excluding hydrogens is 134 g/mol. The van der Waals surface area contributed by atoms with Crippen LogP contribution >= 0.6 is 0 Å². The van der Waals surface area contributed by atoms with E-state index < -0.39 is 11.9 Å². The fourth-order valence-corrected chi connectivity index (χ4v) is 0.973. The molecule has 0 radical (unpaired) electrons. The minimum absolute atomic E-state index is 0.174. The molecule has 1 heterocycles. The Bertz CT molecular complexity index is 205. The molecule has 1 rings (SSSR count). The van der Waals surface area contributed by atoms with E-state index in [1.165, 1.54) is 0 Å². The van der Waals surface area contributed by atoms with E-state index in [9.17, 15) is 9.59 Å². The summed E-state index contributed by atoms with van der Waals surface area (Å²) >= 11 is 0. The molecule has 1 unspecified atom stereocenters. The van der Waals surface area contributed by atoms with Crippen LogP contribution in [0.2, 0.25) is 0 Å². The molecule has 0 aromatic carbocycles. The Morgan fingerprint density at radius 3 is 2.90 bits per heavy atom. The molecule has 2 N–H and O–H groups in total.